The molecule has 0 radical (unpaired) electrons. The van der Waals surface area contributed by atoms with Gasteiger partial charge >= 0.3 is 5.69 Å². The first-order valence-electron chi connectivity index (χ1n) is 8.93. The van der Waals surface area contributed by atoms with Crippen molar-refractivity contribution in [3.63, 3.8) is 0 Å². The third kappa shape index (κ3) is 4.72. The fraction of sp³-hybridized carbons (Fsp3) is 0.368. The summed E-state index contributed by atoms with van der Waals surface area (Å²) in [7, 11) is 0. The Morgan fingerprint density at radius 2 is 1.93 bits per heavy atom. The van der Waals surface area contributed by atoms with Gasteiger partial charge in [-0.05, 0) is 19.1 Å². The molecule has 10 heteroatoms. The van der Waals surface area contributed by atoms with Gasteiger partial charge in [0.2, 0.25) is 0 Å². The molecule has 3 rings (SSSR count). The van der Waals surface area contributed by atoms with Crippen molar-refractivity contribution in [2.75, 3.05) is 11.9 Å². The van der Waals surface area contributed by atoms with Gasteiger partial charge in [-0.3, -0.25) is 23.9 Å². The summed E-state index contributed by atoms with van der Waals surface area (Å²) in [6, 6.07) is 6.23. The summed E-state index contributed by atoms with van der Waals surface area (Å²) in [5, 5.41) is 13.1. The van der Waals surface area contributed by atoms with E-state index in [9.17, 15) is 24.3 Å². The number of rotatable bonds is 6. The Bertz CT molecular complexity index is 1030. The summed E-state index contributed by atoms with van der Waals surface area (Å²) in [4.78, 5) is 49.6. The number of Topliss-reactive ketones (excluding diaryl/α,β-unsaturated/α-hetero) is 1. The largest absolute Gasteiger partial charge is 0.390 e. The number of nitrogens with zero attached hydrogens (tertiary/aromatic N) is 1. The zero-order valence-corrected chi connectivity index (χ0v) is 17.1. The fourth-order valence-corrected chi connectivity index (χ4v) is 3.37. The van der Waals surface area contributed by atoms with Gasteiger partial charge in [0, 0.05) is 35.9 Å². The molecule has 29 heavy (non-hydrogen) atoms. The lowest BCUT2D eigenvalue weighted by atomic mass is 10.1. The number of amides is 1. The molecule has 154 valence electrons. The smallest absolute Gasteiger partial charge is 0.330 e. The number of aryl methyl sites for hydroxylation is 1. The zero-order valence-electron chi connectivity index (χ0n) is 15.6. The summed E-state index contributed by atoms with van der Waals surface area (Å²) in [6.07, 6.45) is -0.815. The summed E-state index contributed by atoms with van der Waals surface area (Å²) in [6.45, 7) is 1.60. The average Bonchev–Trinajstić information content (AvgIpc) is 3.08. The van der Waals surface area contributed by atoms with Crippen LogP contribution in [0.3, 0.4) is 0 Å². The molecular weight excluding hydrogens is 446 g/mol. The molecule has 1 amide bonds. The van der Waals surface area contributed by atoms with Crippen LogP contribution in [-0.4, -0.2) is 50.4 Å². The number of aromatic nitrogens is 2. The van der Waals surface area contributed by atoms with Gasteiger partial charge in [0.1, 0.15) is 12.3 Å². The Hall–Kier alpha value is -2.56. The monoisotopic (exact) mass is 465 g/mol. The van der Waals surface area contributed by atoms with E-state index in [1.54, 1.807) is 31.2 Å². The summed E-state index contributed by atoms with van der Waals surface area (Å²) >= 11 is 3.10. The Morgan fingerprint density at radius 3 is 2.59 bits per heavy atom. The van der Waals surface area contributed by atoms with Crippen LogP contribution in [0.25, 0.3) is 0 Å². The molecule has 1 aliphatic rings. The van der Waals surface area contributed by atoms with E-state index in [0.717, 1.165) is 0 Å². The number of nitrogens with one attached hydrogen (secondary N) is 2. The number of alkyl halides is 1. The second-order valence-electron chi connectivity index (χ2n) is 6.76. The van der Waals surface area contributed by atoms with Crippen molar-refractivity contribution in [1.29, 1.82) is 0 Å². The third-order valence-electron chi connectivity index (χ3n) is 4.71. The Morgan fingerprint density at radius 1 is 1.28 bits per heavy atom. The lowest BCUT2D eigenvalue weighted by Gasteiger charge is -2.17. The quantitative estimate of drug-likeness (QED) is 0.420. The van der Waals surface area contributed by atoms with Crippen molar-refractivity contribution in [2.45, 2.75) is 31.8 Å². The van der Waals surface area contributed by atoms with Crippen LogP contribution in [0.15, 0.2) is 40.1 Å². The van der Waals surface area contributed by atoms with Gasteiger partial charge in [-0.25, -0.2) is 4.79 Å². The van der Waals surface area contributed by atoms with E-state index in [-0.39, 0.29) is 30.0 Å². The fourth-order valence-electron chi connectivity index (χ4n) is 3.05. The number of aliphatic hydroxyl groups is 1. The van der Waals surface area contributed by atoms with Crippen LogP contribution in [0, 0.1) is 6.92 Å². The Labute approximate surface area is 173 Å². The van der Waals surface area contributed by atoms with E-state index in [4.69, 9.17) is 4.74 Å². The molecule has 1 aromatic heterocycles. The van der Waals surface area contributed by atoms with Gasteiger partial charge < -0.3 is 15.2 Å². The number of aromatic amines is 1. The van der Waals surface area contributed by atoms with Crippen LogP contribution in [0.1, 0.15) is 38.9 Å². The minimum Gasteiger partial charge on any atom is -0.390 e. The molecule has 1 aliphatic heterocycles. The molecule has 3 N–H and O–H groups in total. The molecule has 0 saturated carbocycles. The number of halogens is 1. The molecule has 9 nitrogen and oxygen atoms in total. The van der Waals surface area contributed by atoms with Gasteiger partial charge in [-0.2, -0.15) is 0 Å². The molecule has 0 aliphatic carbocycles. The van der Waals surface area contributed by atoms with Crippen molar-refractivity contribution >= 4 is 27.6 Å². The zero-order chi connectivity index (χ0) is 21.1. The normalized spacial score (nSPS) is 21.1. The summed E-state index contributed by atoms with van der Waals surface area (Å²) in [5.74, 6) is -0.461. The van der Waals surface area contributed by atoms with Gasteiger partial charge in [0.15, 0.2) is 5.78 Å². The van der Waals surface area contributed by atoms with Crippen molar-refractivity contribution in [1.82, 2.24) is 14.9 Å². The highest BCUT2D eigenvalue weighted by Crippen LogP contribution is 2.27. The summed E-state index contributed by atoms with van der Waals surface area (Å²) in [5.41, 5.74) is 0.115. The Balaban J connectivity index is 1.62. The number of ketones is 1. The summed E-state index contributed by atoms with van der Waals surface area (Å²) < 4.78 is 6.94. The minimum atomic E-state index is -0.890. The average molecular weight is 466 g/mol. The van der Waals surface area contributed by atoms with Crippen molar-refractivity contribution in [3.05, 3.63) is 68.0 Å². The number of ether oxygens (including phenoxy) is 1. The maximum Gasteiger partial charge on any atom is 0.330 e. The highest BCUT2D eigenvalue weighted by molar-refractivity contribution is 9.09. The van der Waals surface area contributed by atoms with Gasteiger partial charge in [-0.1, -0.05) is 28.1 Å². The number of carbonyl (C=O) groups excluding carboxylic acids is 2. The maximum atomic E-state index is 12.3. The number of H-pyrrole nitrogens is 1. The van der Waals surface area contributed by atoms with E-state index >= 15 is 0 Å². The topological polar surface area (TPSA) is 130 Å². The molecule has 2 heterocycles. The van der Waals surface area contributed by atoms with Crippen LogP contribution >= 0.6 is 15.9 Å². The van der Waals surface area contributed by atoms with E-state index in [1.165, 1.54) is 10.8 Å². The number of benzene rings is 1. The first-order chi connectivity index (χ1) is 13.8. The van der Waals surface area contributed by atoms with Crippen LogP contribution in [0.5, 0.6) is 0 Å². The number of hydrogen-bond acceptors (Lipinski definition) is 6. The highest BCUT2D eigenvalue weighted by atomic mass is 79.9. The van der Waals surface area contributed by atoms with Crippen molar-refractivity contribution in [3.8, 4) is 0 Å². The van der Waals surface area contributed by atoms with Crippen LogP contribution < -0.4 is 16.6 Å². The van der Waals surface area contributed by atoms with E-state index in [2.05, 4.69) is 26.2 Å². The second-order valence-corrected chi connectivity index (χ2v) is 7.32. The SMILES string of the molecule is Cc1cn(C2CC(O)C(CNC(=O)c3ccc(C(=O)CBr)cc3)O2)c(=O)[nH]c1=O. The molecule has 1 fully saturated rings. The predicted molar refractivity (Wildman–Crippen MR) is 107 cm³/mol. The van der Waals surface area contributed by atoms with Crippen molar-refractivity contribution in [2.24, 2.45) is 0 Å². The highest BCUT2D eigenvalue weighted by Gasteiger charge is 2.35. The first kappa shape index (κ1) is 21.2. The predicted octanol–water partition coefficient (Wildman–Crippen LogP) is 0.501. The van der Waals surface area contributed by atoms with Crippen LogP contribution in [0.4, 0.5) is 0 Å². The molecule has 3 unspecified atom stereocenters. The molecule has 1 saturated heterocycles. The molecule has 0 bridgehead atoms. The van der Waals surface area contributed by atoms with Gasteiger partial charge in [0.05, 0.1) is 11.4 Å². The van der Waals surface area contributed by atoms with E-state index < -0.39 is 29.7 Å². The van der Waals surface area contributed by atoms with Gasteiger partial charge in [-0.15, -0.1) is 0 Å². The molecule has 0 spiro atoms. The van der Waals surface area contributed by atoms with Crippen LogP contribution in [-0.2, 0) is 4.74 Å². The number of aliphatic hydroxyl groups excluding tert-OH is 1. The molecular formula is C19H20BrN3O6. The van der Waals surface area contributed by atoms with E-state index in [1.807, 2.05) is 0 Å². The standard InChI is InChI=1S/C19H20BrN3O6/c1-10-9-23(19(28)22-17(10)26)16-6-13(24)15(29-16)8-21-18(27)12-4-2-11(3-5-12)14(25)7-20/h2-5,9,13,15-16,24H,6-8H2,1H3,(H,21,27)(H,22,26,28). The molecule has 1 aromatic carbocycles. The van der Waals surface area contributed by atoms with E-state index in [0.29, 0.717) is 16.7 Å². The lowest BCUT2D eigenvalue weighted by molar-refractivity contribution is -0.0187. The second kappa shape index (κ2) is 8.85. The Kier molecular flexibility index (Phi) is 6.46. The maximum absolute atomic E-state index is 12.3. The third-order valence-corrected chi connectivity index (χ3v) is 5.22. The molecule has 2 aromatic rings. The molecule has 3 atom stereocenters. The number of carbonyl (C=O) groups is 2. The number of hydrogen-bond donors (Lipinski definition) is 3. The lowest BCUT2D eigenvalue weighted by Crippen LogP contribution is -2.37. The minimum absolute atomic E-state index is 0.0374. The first-order valence-corrected chi connectivity index (χ1v) is 10.1. The van der Waals surface area contributed by atoms with Gasteiger partial charge in [0.25, 0.3) is 11.5 Å². The van der Waals surface area contributed by atoms with Crippen molar-refractivity contribution < 1.29 is 19.4 Å². The van der Waals surface area contributed by atoms with Crippen LogP contribution in [0.2, 0.25) is 0 Å².